The number of aryl methyl sites for hydroxylation is 1. The summed E-state index contributed by atoms with van der Waals surface area (Å²) in [6.07, 6.45) is 3.61. The second kappa shape index (κ2) is 5.61. The molecule has 3 aliphatic rings. The Balaban J connectivity index is 1.44. The Morgan fingerprint density at radius 1 is 1.17 bits per heavy atom. The monoisotopic (exact) mass is 326 g/mol. The smallest absolute Gasteiger partial charge is 0.227 e. The Morgan fingerprint density at radius 2 is 1.88 bits per heavy atom. The van der Waals surface area contributed by atoms with E-state index in [1.165, 1.54) is 5.56 Å². The van der Waals surface area contributed by atoms with E-state index in [0.717, 1.165) is 44.6 Å². The van der Waals surface area contributed by atoms with E-state index in [1.54, 1.807) is 0 Å². The van der Waals surface area contributed by atoms with Crippen LogP contribution < -0.4 is 4.90 Å². The molecule has 1 atom stereocenters. The maximum Gasteiger partial charge on any atom is 0.227 e. The highest BCUT2D eigenvalue weighted by molar-refractivity contribution is 5.96. The zero-order valence-corrected chi connectivity index (χ0v) is 14.6. The van der Waals surface area contributed by atoms with Gasteiger partial charge in [-0.05, 0) is 44.2 Å². The molecule has 1 saturated carbocycles. The number of hydrogen-bond donors (Lipinski definition) is 0. The summed E-state index contributed by atoms with van der Waals surface area (Å²) < 4.78 is 0. The van der Waals surface area contributed by atoms with Crippen molar-refractivity contribution in [3.63, 3.8) is 0 Å². The van der Waals surface area contributed by atoms with Crippen molar-refractivity contribution in [3.05, 3.63) is 29.8 Å². The molecule has 2 saturated heterocycles. The Bertz CT molecular complexity index is 663. The fourth-order valence-electron chi connectivity index (χ4n) is 4.61. The van der Waals surface area contributed by atoms with Gasteiger partial charge in [-0.2, -0.15) is 0 Å². The maximum atomic E-state index is 12.6. The van der Waals surface area contributed by atoms with Gasteiger partial charge in [0.05, 0.1) is 0 Å². The molecule has 3 fully saturated rings. The molecule has 2 amide bonds. The van der Waals surface area contributed by atoms with Crippen LogP contribution in [0.3, 0.4) is 0 Å². The lowest BCUT2D eigenvalue weighted by atomic mass is 9.75. The van der Waals surface area contributed by atoms with Crippen LogP contribution in [0, 0.1) is 24.2 Å². The standard InChI is InChI=1S/C20H26N2O2/c1-14-3-5-17(6-4-14)22-13-20(11-18(22)23)7-8-21(12-20)19(24)16-9-15(2)10-16/h3-6,15-16H,7-13H2,1-2H3. The molecule has 2 aliphatic heterocycles. The molecule has 0 bridgehead atoms. The van der Waals surface area contributed by atoms with Crippen LogP contribution >= 0.6 is 0 Å². The molecule has 1 spiro atoms. The highest BCUT2D eigenvalue weighted by atomic mass is 16.2. The van der Waals surface area contributed by atoms with Crippen LogP contribution in [0.4, 0.5) is 5.69 Å². The topological polar surface area (TPSA) is 40.6 Å². The van der Waals surface area contributed by atoms with Crippen molar-refractivity contribution in [2.45, 2.75) is 39.5 Å². The number of nitrogens with zero attached hydrogens (tertiary/aromatic N) is 2. The minimum absolute atomic E-state index is 0.0347. The van der Waals surface area contributed by atoms with Crippen molar-refractivity contribution >= 4 is 17.5 Å². The van der Waals surface area contributed by atoms with Gasteiger partial charge in [0.2, 0.25) is 11.8 Å². The molecule has 1 aromatic carbocycles. The van der Waals surface area contributed by atoms with E-state index >= 15 is 0 Å². The Kier molecular flexibility index (Phi) is 3.66. The summed E-state index contributed by atoms with van der Waals surface area (Å²) in [5, 5.41) is 0. The van der Waals surface area contributed by atoms with Crippen LogP contribution in [0.15, 0.2) is 24.3 Å². The van der Waals surface area contributed by atoms with E-state index in [4.69, 9.17) is 0 Å². The average Bonchev–Trinajstić information content (AvgIpc) is 3.08. The fourth-order valence-corrected chi connectivity index (χ4v) is 4.61. The second-order valence-electron chi connectivity index (χ2n) is 8.28. The number of hydrogen-bond acceptors (Lipinski definition) is 2. The molecule has 0 N–H and O–H groups in total. The highest BCUT2D eigenvalue weighted by Crippen LogP contribution is 2.43. The first-order chi connectivity index (χ1) is 11.5. The van der Waals surface area contributed by atoms with Crippen LogP contribution in [0.25, 0.3) is 0 Å². The van der Waals surface area contributed by atoms with E-state index in [0.29, 0.717) is 18.2 Å². The average molecular weight is 326 g/mol. The molecular formula is C20H26N2O2. The number of rotatable bonds is 2. The summed E-state index contributed by atoms with van der Waals surface area (Å²) >= 11 is 0. The number of likely N-dealkylation sites (tertiary alicyclic amines) is 1. The molecule has 4 rings (SSSR count). The van der Waals surface area contributed by atoms with Crippen LogP contribution in [-0.2, 0) is 9.59 Å². The van der Waals surface area contributed by atoms with Crippen molar-refractivity contribution < 1.29 is 9.59 Å². The molecule has 1 unspecified atom stereocenters. The summed E-state index contributed by atoms with van der Waals surface area (Å²) in [7, 11) is 0. The summed E-state index contributed by atoms with van der Waals surface area (Å²) in [6, 6.07) is 8.16. The molecule has 24 heavy (non-hydrogen) atoms. The molecular weight excluding hydrogens is 300 g/mol. The third-order valence-electron chi connectivity index (χ3n) is 6.14. The van der Waals surface area contributed by atoms with Crippen molar-refractivity contribution in [1.82, 2.24) is 4.90 Å². The van der Waals surface area contributed by atoms with Crippen LogP contribution in [0.1, 0.15) is 38.2 Å². The first-order valence-corrected chi connectivity index (χ1v) is 9.12. The number of carbonyl (C=O) groups excluding carboxylic acids is 2. The van der Waals surface area contributed by atoms with Crippen molar-refractivity contribution in [3.8, 4) is 0 Å². The van der Waals surface area contributed by atoms with Gasteiger partial charge in [0, 0.05) is 43.1 Å². The minimum atomic E-state index is -0.0347. The second-order valence-corrected chi connectivity index (χ2v) is 8.28. The van der Waals surface area contributed by atoms with Gasteiger partial charge in [-0.25, -0.2) is 0 Å². The van der Waals surface area contributed by atoms with E-state index < -0.39 is 0 Å². The first-order valence-electron chi connectivity index (χ1n) is 9.12. The van der Waals surface area contributed by atoms with Crippen molar-refractivity contribution in [2.24, 2.45) is 17.3 Å². The molecule has 4 nitrogen and oxygen atoms in total. The van der Waals surface area contributed by atoms with Crippen LogP contribution in [0.2, 0.25) is 0 Å². The minimum Gasteiger partial charge on any atom is -0.342 e. The third kappa shape index (κ3) is 2.62. The van der Waals surface area contributed by atoms with E-state index in [2.05, 4.69) is 26.0 Å². The summed E-state index contributed by atoms with van der Waals surface area (Å²) in [5.41, 5.74) is 2.15. The van der Waals surface area contributed by atoms with Gasteiger partial charge in [0.1, 0.15) is 0 Å². The number of amides is 2. The quantitative estimate of drug-likeness (QED) is 0.838. The molecule has 128 valence electrons. The lowest BCUT2D eigenvalue weighted by Crippen LogP contribution is -2.41. The van der Waals surface area contributed by atoms with Gasteiger partial charge in [0.15, 0.2) is 0 Å². The zero-order valence-electron chi connectivity index (χ0n) is 14.6. The third-order valence-corrected chi connectivity index (χ3v) is 6.14. The molecule has 1 aromatic rings. The van der Waals surface area contributed by atoms with Gasteiger partial charge in [-0.15, -0.1) is 0 Å². The van der Waals surface area contributed by atoms with Crippen LogP contribution in [0.5, 0.6) is 0 Å². The molecule has 1 aliphatic carbocycles. The lowest BCUT2D eigenvalue weighted by Gasteiger charge is -2.35. The summed E-state index contributed by atoms with van der Waals surface area (Å²) in [6.45, 7) is 6.59. The number of carbonyl (C=O) groups is 2. The van der Waals surface area contributed by atoms with Gasteiger partial charge < -0.3 is 9.80 Å². The molecule has 4 heteroatoms. The summed E-state index contributed by atoms with van der Waals surface area (Å²) in [4.78, 5) is 29.1. The van der Waals surface area contributed by atoms with Crippen LogP contribution in [-0.4, -0.2) is 36.3 Å². The maximum absolute atomic E-state index is 12.6. The predicted octanol–water partition coefficient (Wildman–Crippen LogP) is 3.00. The normalized spacial score (nSPS) is 32.5. The van der Waals surface area contributed by atoms with Gasteiger partial charge >= 0.3 is 0 Å². The van der Waals surface area contributed by atoms with E-state index in [1.807, 2.05) is 21.9 Å². The first kappa shape index (κ1) is 15.7. The van der Waals surface area contributed by atoms with Crippen molar-refractivity contribution in [2.75, 3.05) is 24.5 Å². The molecule has 0 radical (unpaired) electrons. The van der Waals surface area contributed by atoms with E-state index in [-0.39, 0.29) is 17.2 Å². The fraction of sp³-hybridized carbons (Fsp3) is 0.600. The van der Waals surface area contributed by atoms with Gasteiger partial charge in [0.25, 0.3) is 0 Å². The Morgan fingerprint density at radius 3 is 2.54 bits per heavy atom. The molecule has 0 aromatic heterocycles. The SMILES string of the molecule is Cc1ccc(N2CC3(CCN(C(=O)C4CC(C)C4)C3)CC2=O)cc1. The lowest BCUT2D eigenvalue weighted by molar-refractivity contribution is -0.139. The Labute approximate surface area is 143 Å². The summed E-state index contributed by atoms with van der Waals surface area (Å²) in [5.74, 6) is 1.46. The zero-order chi connectivity index (χ0) is 16.9. The van der Waals surface area contributed by atoms with Crippen molar-refractivity contribution in [1.29, 1.82) is 0 Å². The largest absolute Gasteiger partial charge is 0.342 e. The number of anilines is 1. The van der Waals surface area contributed by atoms with Gasteiger partial charge in [-0.3, -0.25) is 9.59 Å². The van der Waals surface area contributed by atoms with E-state index in [9.17, 15) is 9.59 Å². The highest BCUT2D eigenvalue weighted by Gasteiger charge is 2.50. The number of benzene rings is 1. The predicted molar refractivity (Wildman–Crippen MR) is 93.7 cm³/mol. The Hall–Kier alpha value is -1.84. The molecule has 2 heterocycles. The van der Waals surface area contributed by atoms with Gasteiger partial charge in [-0.1, -0.05) is 24.6 Å².